The standard InChI is InChI=1S/C16H24N2O2/c17-15(13-6-2-1-3-7-13)10-16(20)18-11-12-5-4-8-14(19)9-12/h1-3,6-7,12,14-15,19H,4-5,8-11,17H2,(H,18,20). The molecule has 0 bridgehead atoms. The molecule has 0 aromatic heterocycles. The fraction of sp³-hybridized carbons (Fsp3) is 0.562. The zero-order chi connectivity index (χ0) is 14.4. The van der Waals surface area contributed by atoms with Crippen LogP contribution in [0.4, 0.5) is 0 Å². The molecule has 1 aliphatic rings. The highest BCUT2D eigenvalue weighted by Gasteiger charge is 2.20. The molecule has 0 saturated heterocycles. The molecule has 4 heteroatoms. The lowest BCUT2D eigenvalue weighted by Gasteiger charge is -2.26. The van der Waals surface area contributed by atoms with Gasteiger partial charge in [-0.25, -0.2) is 0 Å². The van der Waals surface area contributed by atoms with Crippen molar-refractivity contribution in [2.45, 2.75) is 44.2 Å². The Kier molecular flexibility index (Phi) is 5.56. The Bertz CT molecular complexity index is 422. The maximum atomic E-state index is 11.9. The third kappa shape index (κ3) is 4.62. The summed E-state index contributed by atoms with van der Waals surface area (Å²) in [7, 11) is 0. The van der Waals surface area contributed by atoms with E-state index in [1.807, 2.05) is 30.3 Å². The number of aliphatic hydroxyl groups excluding tert-OH is 1. The molecule has 1 aromatic rings. The van der Waals surface area contributed by atoms with Gasteiger partial charge >= 0.3 is 0 Å². The Morgan fingerprint density at radius 2 is 2.10 bits per heavy atom. The maximum absolute atomic E-state index is 11.9. The summed E-state index contributed by atoms with van der Waals surface area (Å²) in [5.74, 6) is 0.386. The van der Waals surface area contributed by atoms with Crippen LogP contribution in [0.25, 0.3) is 0 Å². The van der Waals surface area contributed by atoms with E-state index in [2.05, 4.69) is 5.32 Å². The van der Waals surface area contributed by atoms with Gasteiger partial charge in [-0.1, -0.05) is 36.8 Å². The van der Waals surface area contributed by atoms with Gasteiger partial charge in [-0.2, -0.15) is 0 Å². The molecule has 4 nitrogen and oxygen atoms in total. The van der Waals surface area contributed by atoms with Crippen molar-refractivity contribution in [1.29, 1.82) is 0 Å². The summed E-state index contributed by atoms with van der Waals surface area (Å²) in [5, 5.41) is 12.5. The molecule has 1 fully saturated rings. The van der Waals surface area contributed by atoms with E-state index in [1.54, 1.807) is 0 Å². The molecule has 1 saturated carbocycles. The maximum Gasteiger partial charge on any atom is 0.221 e. The molecule has 1 aliphatic carbocycles. The summed E-state index contributed by atoms with van der Waals surface area (Å²) < 4.78 is 0. The van der Waals surface area contributed by atoms with Gasteiger partial charge in [0.2, 0.25) is 5.91 Å². The largest absolute Gasteiger partial charge is 0.393 e. The number of amides is 1. The molecule has 20 heavy (non-hydrogen) atoms. The van der Waals surface area contributed by atoms with E-state index in [4.69, 9.17) is 5.73 Å². The van der Waals surface area contributed by atoms with Gasteiger partial charge in [0, 0.05) is 19.0 Å². The minimum Gasteiger partial charge on any atom is -0.393 e. The summed E-state index contributed by atoms with van der Waals surface area (Å²) in [6, 6.07) is 9.41. The second-order valence-corrected chi connectivity index (χ2v) is 5.71. The summed E-state index contributed by atoms with van der Waals surface area (Å²) in [6.07, 6.45) is 3.93. The van der Waals surface area contributed by atoms with Crippen molar-refractivity contribution in [2.75, 3.05) is 6.54 Å². The fourth-order valence-corrected chi connectivity index (χ4v) is 2.80. The number of benzene rings is 1. The predicted octanol–water partition coefficient (Wildman–Crippen LogP) is 1.74. The van der Waals surface area contributed by atoms with Gasteiger partial charge in [0.05, 0.1) is 6.10 Å². The molecule has 0 spiro atoms. The van der Waals surface area contributed by atoms with Crippen LogP contribution in [-0.4, -0.2) is 23.7 Å². The lowest BCUT2D eigenvalue weighted by atomic mass is 9.87. The summed E-state index contributed by atoms with van der Waals surface area (Å²) >= 11 is 0. The van der Waals surface area contributed by atoms with Crippen LogP contribution < -0.4 is 11.1 Å². The van der Waals surface area contributed by atoms with Crippen molar-refractivity contribution < 1.29 is 9.90 Å². The third-order valence-corrected chi connectivity index (χ3v) is 3.98. The van der Waals surface area contributed by atoms with E-state index >= 15 is 0 Å². The number of rotatable bonds is 5. The SMILES string of the molecule is NC(CC(=O)NCC1CCCC(O)C1)c1ccccc1. The summed E-state index contributed by atoms with van der Waals surface area (Å²) in [5.41, 5.74) is 7.01. The van der Waals surface area contributed by atoms with Crippen LogP contribution in [0.15, 0.2) is 30.3 Å². The first-order valence-electron chi connectivity index (χ1n) is 7.40. The van der Waals surface area contributed by atoms with Gasteiger partial charge in [-0.05, 0) is 30.7 Å². The number of carbonyl (C=O) groups excluding carboxylic acids is 1. The van der Waals surface area contributed by atoms with E-state index in [0.29, 0.717) is 18.9 Å². The Labute approximate surface area is 120 Å². The fourth-order valence-electron chi connectivity index (χ4n) is 2.80. The average molecular weight is 276 g/mol. The Balaban J connectivity index is 1.72. The molecular formula is C16H24N2O2. The topological polar surface area (TPSA) is 75.4 Å². The monoisotopic (exact) mass is 276 g/mol. The molecule has 110 valence electrons. The molecule has 2 rings (SSSR count). The van der Waals surface area contributed by atoms with Crippen LogP contribution in [0.3, 0.4) is 0 Å². The first kappa shape index (κ1) is 15.0. The van der Waals surface area contributed by atoms with Crippen molar-refractivity contribution in [2.24, 2.45) is 11.7 Å². The third-order valence-electron chi connectivity index (χ3n) is 3.98. The highest BCUT2D eigenvalue weighted by atomic mass is 16.3. The Hall–Kier alpha value is -1.39. The first-order chi connectivity index (χ1) is 9.65. The second kappa shape index (κ2) is 7.41. The molecule has 1 amide bonds. The van der Waals surface area contributed by atoms with Gasteiger partial charge in [-0.3, -0.25) is 4.79 Å². The van der Waals surface area contributed by atoms with Crippen molar-refractivity contribution in [3.05, 3.63) is 35.9 Å². The number of nitrogens with one attached hydrogen (secondary N) is 1. The number of carbonyl (C=O) groups is 1. The number of nitrogens with two attached hydrogens (primary N) is 1. The molecule has 0 radical (unpaired) electrons. The Morgan fingerprint density at radius 3 is 2.80 bits per heavy atom. The van der Waals surface area contributed by atoms with E-state index in [-0.39, 0.29) is 18.1 Å². The van der Waals surface area contributed by atoms with Gasteiger partial charge < -0.3 is 16.2 Å². The molecular weight excluding hydrogens is 252 g/mol. The van der Waals surface area contributed by atoms with E-state index < -0.39 is 0 Å². The normalized spacial score (nSPS) is 24.1. The van der Waals surface area contributed by atoms with Gasteiger partial charge in [-0.15, -0.1) is 0 Å². The summed E-state index contributed by atoms with van der Waals surface area (Å²) in [4.78, 5) is 11.9. The van der Waals surface area contributed by atoms with Crippen LogP contribution in [0, 0.1) is 5.92 Å². The van der Waals surface area contributed by atoms with Crippen molar-refractivity contribution in [3.63, 3.8) is 0 Å². The summed E-state index contributed by atoms with van der Waals surface area (Å²) in [6.45, 7) is 0.650. The minimum atomic E-state index is -0.256. The number of hydrogen-bond acceptors (Lipinski definition) is 3. The van der Waals surface area contributed by atoms with Crippen LogP contribution in [0.2, 0.25) is 0 Å². The van der Waals surface area contributed by atoms with Gasteiger partial charge in [0.25, 0.3) is 0 Å². The molecule has 3 atom stereocenters. The van der Waals surface area contributed by atoms with E-state index in [9.17, 15) is 9.90 Å². The highest BCUT2D eigenvalue weighted by Crippen LogP contribution is 2.23. The quantitative estimate of drug-likeness (QED) is 0.767. The lowest BCUT2D eigenvalue weighted by molar-refractivity contribution is -0.121. The van der Waals surface area contributed by atoms with Crippen molar-refractivity contribution in [1.82, 2.24) is 5.32 Å². The van der Waals surface area contributed by atoms with Crippen LogP contribution in [-0.2, 0) is 4.79 Å². The zero-order valence-corrected chi connectivity index (χ0v) is 11.8. The number of hydrogen-bond donors (Lipinski definition) is 3. The van der Waals surface area contributed by atoms with Crippen molar-refractivity contribution >= 4 is 5.91 Å². The van der Waals surface area contributed by atoms with Crippen LogP contribution >= 0.6 is 0 Å². The lowest BCUT2D eigenvalue weighted by Crippen LogP contribution is -2.34. The smallest absolute Gasteiger partial charge is 0.221 e. The van der Waals surface area contributed by atoms with E-state index in [1.165, 1.54) is 0 Å². The van der Waals surface area contributed by atoms with Gasteiger partial charge in [0.1, 0.15) is 0 Å². The highest BCUT2D eigenvalue weighted by molar-refractivity contribution is 5.76. The molecule has 0 heterocycles. The van der Waals surface area contributed by atoms with Crippen LogP contribution in [0.5, 0.6) is 0 Å². The second-order valence-electron chi connectivity index (χ2n) is 5.71. The first-order valence-corrected chi connectivity index (χ1v) is 7.40. The Morgan fingerprint density at radius 1 is 1.35 bits per heavy atom. The van der Waals surface area contributed by atoms with Crippen LogP contribution in [0.1, 0.15) is 43.7 Å². The van der Waals surface area contributed by atoms with Crippen molar-refractivity contribution in [3.8, 4) is 0 Å². The number of aliphatic hydroxyl groups is 1. The average Bonchev–Trinajstić information content (AvgIpc) is 2.46. The molecule has 0 aliphatic heterocycles. The zero-order valence-electron chi connectivity index (χ0n) is 11.8. The predicted molar refractivity (Wildman–Crippen MR) is 79.0 cm³/mol. The van der Waals surface area contributed by atoms with E-state index in [0.717, 1.165) is 31.2 Å². The van der Waals surface area contributed by atoms with Gasteiger partial charge in [0.15, 0.2) is 0 Å². The molecule has 1 aromatic carbocycles. The molecule has 3 unspecified atom stereocenters. The molecule has 4 N–H and O–H groups in total. The minimum absolute atomic E-state index is 0.0126.